The molecule has 144 valence electrons. The van der Waals surface area contributed by atoms with Crippen LogP contribution in [0.5, 0.6) is 11.5 Å². The van der Waals surface area contributed by atoms with Gasteiger partial charge in [0, 0.05) is 0 Å². The average Bonchev–Trinajstić information content (AvgIpc) is 2.73. The van der Waals surface area contributed by atoms with Gasteiger partial charge in [-0.3, -0.25) is 0 Å². The van der Waals surface area contributed by atoms with Crippen molar-refractivity contribution in [1.82, 2.24) is 0 Å². The fraction of sp³-hybridized carbons (Fsp3) is 0.208. The maximum Gasteiger partial charge on any atom is 0.343 e. The molecule has 3 rings (SSSR count). The fourth-order valence-corrected chi connectivity index (χ4v) is 3.24. The van der Waals surface area contributed by atoms with Crippen LogP contribution < -0.4 is 9.47 Å². The van der Waals surface area contributed by atoms with Crippen molar-refractivity contribution < 1.29 is 14.3 Å². The van der Waals surface area contributed by atoms with Gasteiger partial charge in [0.2, 0.25) is 0 Å². The molecule has 0 amide bonds. The van der Waals surface area contributed by atoms with Crippen LogP contribution in [0.1, 0.15) is 36.5 Å². The first-order valence-corrected chi connectivity index (χ1v) is 10.3. The number of hydrogen-bond acceptors (Lipinski definition) is 3. The lowest BCUT2D eigenvalue weighted by atomic mass is 10.1. The fourth-order valence-electron chi connectivity index (χ4n) is 2.78. The molecule has 3 aromatic rings. The molecule has 28 heavy (non-hydrogen) atoms. The van der Waals surface area contributed by atoms with Crippen LogP contribution in [0.25, 0.3) is 11.1 Å². The van der Waals surface area contributed by atoms with Crippen molar-refractivity contribution in [3.05, 3.63) is 82.8 Å². The third kappa shape index (κ3) is 5.46. The first-order chi connectivity index (χ1) is 13.7. The van der Waals surface area contributed by atoms with Crippen LogP contribution in [0.4, 0.5) is 0 Å². The van der Waals surface area contributed by atoms with Gasteiger partial charge in [-0.2, -0.15) is 0 Å². The molecule has 0 aliphatic carbocycles. The van der Waals surface area contributed by atoms with Crippen molar-refractivity contribution >= 4 is 21.9 Å². The van der Waals surface area contributed by atoms with Crippen molar-refractivity contribution in [2.24, 2.45) is 0 Å². The van der Waals surface area contributed by atoms with Gasteiger partial charge in [0.25, 0.3) is 0 Å². The molecule has 0 radical (unpaired) electrons. The quantitative estimate of drug-likeness (QED) is 0.218. The Morgan fingerprint density at radius 3 is 2.32 bits per heavy atom. The maximum absolute atomic E-state index is 12.4. The smallest absolute Gasteiger partial charge is 0.343 e. The number of carbonyl (C=O) groups excluding carboxylic acids is 1. The number of esters is 1. The number of ether oxygens (including phenoxy) is 2. The molecule has 4 heteroatoms. The van der Waals surface area contributed by atoms with E-state index in [-0.39, 0.29) is 0 Å². The average molecular weight is 439 g/mol. The van der Waals surface area contributed by atoms with Crippen LogP contribution in [0.3, 0.4) is 0 Å². The largest absolute Gasteiger partial charge is 0.494 e. The summed E-state index contributed by atoms with van der Waals surface area (Å²) in [6.45, 7) is 2.85. The van der Waals surface area contributed by atoms with Gasteiger partial charge in [0.1, 0.15) is 11.5 Å². The normalized spacial score (nSPS) is 10.5. The standard InChI is InChI=1S/C24H23BrO3/c1-2-3-7-16-27-21-13-10-19(11-14-21)24(26)28-23-15-12-20(17-22(23)25)18-8-5-4-6-9-18/h4-6,8-15,17H,2-3,7,16H2,1H3. The van der Waals surface area contributed by atoms with E-state index in [0.29, 0.717) is 17.9 Å². The zero-order valence-corrected chi connectivity index (χ0v) is 17.4. The van der Waals surface area contributed by atoms with Crippen molar-refractivity contribution in [3.63, 3.8) is 0 Å². The molecule has 0 atom stereocenters. The van der Waals surface area contributed by atoms with Gasteiger partial charge in [-0.15, -0.1) is 0 Å². The second-order valence-electron chi connectivity index (χ2n) is 6.48. The second kappa shape index (κ2) is 10.1. The Morgan fingerprint density at radius 1 is 0.893 bits per heavy atom. The van der Waals surface area contributed by atoms with Gasteiger partial charge in [-0.05, 0) is 69.9 Å². The molecule has 0 unspecified atom stereocenters. The van der Waals surface area contributed by atoms with Gasteiger partial charge in [0.05, 0.1) is 16.6 Å². The van der Waals surface area contributed by atoms with Gasteiger partial charge < -0.3 is 9.47 Å². The number of rotatable bonds is 8. The molecule has 3 nitrogen and oxygen atoms in total. The Bertz CT molecular complexity index is 905. The van der Waals surface area contributed by atoms with E-state index < -0.39 is 5.97 Å². The Kier molecular flexibility index (Phi) is 7.26. The van der Waals surface area contributed by atoms with Crippen molar-refractivity contribution in [1.29, 1.82) is 0 Å². The number of carbonyl (C=O) groups is 1. The van der Waals surface area contributed by atoms with E-state index in [2.05, 4.69) is 22.9 Å². The lowest BCUT2D eigenvalue weighted by Crippen LogP contribution is -2.09. The van der Waals surface area contributed by atoms with Crippen LogP contribution in [-0.2, 0) is 0 Å². The van der Waals surface area contributed by atoms with Crippen LogP contribution in [0.15, 0.2) is 77.3 Å². The summed E-state index contributed by atoms with van der Waals surface area (Å²) in [4.78, 5) is 12.4. The van der Waals surface area contributed by atoms with E-state index in [0.717, 1.165) is 40.6 Å². The van der Waals surface area contributed by atoms with Gasteiger partial charge in [-0.25, -0.2) is 4.79 Å². The summed E-state index contributed by atoms with van der Waals surface area (Å²) in [5, 5.41) is 0. The van der Waals surface area contributed by atoms with Crippen LogP contribution in [-0.4, -0.2) is 12.6 Å². The minimum Gasteiger partial charge on any atom is -0.494 e. The molecule has 0 aliphatic heterocycles. The Hall–Kier alpha value is -2.59. The maximum atomic E-state index is 12.4. The SMILES string of the molecule is CCCCCOc1ccc(C(=O)Oc2ccc(-c3ccccc3)cc2Br)cc1. The highest BCUT2D eigenvalue weighted by Gasteiger charge is 2.12. The van der Waals surface area contributed by atoms with E-state index in [1.165, 1.54) is 0 Å². The zero-order chi connectivity index (χ0) is 19.8. The summed E-state index contributed by atoms with van der Waals surface area (Å²) >= 11 is 3.50. The Labute approximate surface area is 174 Å². The van der Waals surface area contributed by atoms with Crippen molar-refractivity contribution in [3.8, 4) is 22.6 Å². The van der Waals surface area contributed by atoms with Crippen molar-refractivity contribution in [2.75, 3.05) is 6.61 Å². The number of hydrogen-bond donors (Lipinski definition) is 0. The number of benzene rings is 3. The summed E-state index contributed by atoms with van der Waals surface area (Å²) in [6, 6.07) is 22.8. The molecule has 0 fully saturated rings. The topological polar surface area (TPSA) is 35.5 Å². The molecule has 0 saturated carbocycles. The summed E-state index contributed by atoms with van der Waals surface area (Å²) in [6.07, 6.45) is 3.35. The predicted octanol–water partition coefficient (Wildman–Crippen LogP) is 6.90. The van der Waals surface area contributed by atoms with E-state index >= 15 is 0 Å². The third-order valence-electron chi connectivity index (χ3n) is 4.35. The molecule has 0 N–H and O–H groups in total. The third-order valence-corrected chi connectivity index (χ3v) is 4.97. The molecule has 0 aromatic heterocycles. The zero-order valence-electron chi connectivity index (χ0n) is 15.9. The van der Waals surface area contributed by atoms with Crippen LogP contribution in [0.2, 0.25) is 0 Å². The first-order valence-electron chi connectivity index (χ1n) is 9.47. The summed E-state index contributed by atoms with van der Waals surface area (Å²) in [5.74, 6) is 0.858. The summed E-state index contributed by atoms with van der Waals surface area (Å²) in [5.41, 5.74) is 2.65. The summed E-state index contributed by atoms with van der Waals surface area (Å²) in [7, 11) is 0. The number of halogens is 1. The monoisotopic (exact) mass is 438 g/mol. The van der Waals surface area contributed by atoms with E-state index in [1.54, 1.807) is 30.3 Å². The highest BCUT2D eigenvalue weighted by Crippen LogP contribution is 2.31. The van der Waals surface area contributed by atoms with E-state index in [9.17, 15) is 4.79 Å². The van der Waals surface area contributed by atoms with Crippen LogP contribution >= 0.6 is 15.9 Å². The van der Waals surface area contributed by atoms with Gasteiger partial charge in [-0.1, -0.05) is 56.2 Å². The minimum absolute atomic E-state index is 0.398. The van der Waals surface area contributed by atoms with Crippen LogP contribution in [0, 0.1) is 0 Å². The summed E-state index contributed by atoms with van der Waals surface area (Å²) < 4.78 is 12.0. The minimum atomic E-state index is -0.398. The number of unbranched alkanes of at least 4 members (excludes halogenated alkanes) is 2. The lowest BCUT2D eigenvalue weighted by Gasteiger charge is -2.10. The Balaban J connectivity index is 1.63. The van der Waals surface area contributed by atoms with E-state index in [1.807, 2.05) is 42.5 Å². The second-order valence-corrected chi connectivity index (χ2v) is 7.34. The van der Waals surface area contributed by atoms with E-state index in [4.69, 9.17) is 9.47 Å². The molecular weight excluding hydrogens is 416 g/mol. The van der Waals surface area contributed by atoms with Gasteiger partial charge in [0.15, 0.2) is 0 Å². The molecule has 3 aromatic carbocycles. The molecule has 0 spiro atoms. The first kappa shape index (κ1) is 20.2. The van der Waals surface area contributed by atoms with Gasteiger partial charge >= 0.3 is 5.97 Å². The highest BCUT2D eigenvalue weighted by molar-refractivity contribution is 9.10. The predicted molar refractivity (Wildman–Crippen MR) is 116 cm³/mol. The molecule has 0 heterocycles. The highest BCUT2D eigenvalue weighted by atomic mass is 79.9. The lowest BCUT2D eigenvalue weighted by molar-refractivity contribution is 0.0733. The molecular formula is C24H23BrO3. The Morgan fingerprint density at radius 2 is 1.64 bits per heavy atom. The molecule has 0 bridgehead atoms. The molecule has 0 saturated heterocycles. The van der Waals surface area contributed by atoms with Crippen molar-refractivity contribution in [2.45, 2.75) is 26.2 Å². The molecule has 0 aliphatic rings.